The molecule has 0 N–H and O–H groups in total. The van der Waals surface area contributed by atoms with Gasteiger partial charge in [0.05, 0.1) is 0 Å². The summed E-state index contributed by atoms with van der Waals surface area (Å²) in [6.07, 6.45) is 8.31. The van der Waals surface area contributed by atoms with Crippen molar-refractivity contribution in [2.45, 2.75) is 60.8 Å². The molecule has 1 rings (SSSR count). The topological polar surface area (TPSA) is 0 Å². The van der Waals surface area contributed by atoms with Gasteiger partial charge >= 0.3 is 0 Å². The molecular weight excluding hydrogens is 240 g/mol. The van der Waals surface area contributed by atoms with Crippen LogP contribution in [-0.2, 0) is 0 Å². The average molecular weight is 270 g/mol. The smallest absolute Gasteiger partial charge is 0.0187 e. The van der Waals surface area contributed by atoms with Gasteiger partial charge < -0.3 is 0 Å². The van der Waals surface area contributed by atoms with Crippen molar-refractivity contribution >= 4 is 5.57 Å². The van der Waals surface area contributed by atoms with Crippen LogP contribution in [0.1, 0.15) is 63.6 Å². The van der Waals surface area contributed by atoms with E-state index < -0.39 is 0 Å². The Bertz CT molecular complexity index is 489. The van der Waals surface area contributed by atoms with Gasteiger partial charge in [0.15, 0.2) is 0 Å². The quantitative estimate of drug-likeness (QED) is 0.519. The second-order valence-electron chi connectivity index (χ2n) is 5.96. The molecule has 0 spiro atoms. The molecule has 1 atom stereocenters. The second-order valence-corrected chi connectivity index (χ2v) is 5.96. The van der Waals surface area contributed by atoms with E-state index in [2.05, 4.69) is 71.9 Å². The molecule has 0 aliphatic heterocycles. The lowest BCUT2D eigenvalue weighted by atomic mass is 9.87. The highest BCUT2D eigenvalue weighted by Crippen LogP contribution is 2.30. The van der Waals surface area contributed by atoms with Crippen LogP contribution in [0.2, 0.25) is 0 Å². The summed E-state index contributed by atoms with van der Waals surface area (Å²) in [5, 5.41) is 0. The van der Waals surface area contributed by atoms with Crippen molar-refractivity contribution in [2.24, 2.45) is 5.92 Å². The van der Waals surface area contributed by atoms with Gasteiger partial charge in [0, 0.05) is 0 Å². The molecule has 0 bridgehead atoms. The number of hydrogen-bond donors (Lipinski definition) is 0. The Labute approximate surface area is 125 Å². The highest BCUT2D eigenvalue weighted by molar-refractivity contribution is 5.72. The minimum absolute atomic E-state index is 0.599. The molecular formula is C20H30. The Morgan fingerprint density at radius 2 is 1.90 bits per heavy atom. The third-order valence-corrected chi connectivity index (χ3v) is 3.97. The van der Waals surface area contributed by atoms with Gasteiger partial charge in [0.25, 0.3) is 0 Å². The SMILES string of the molecule is CCC/C=C(C)/C=C(\c1ccc(C)cc1C)C(C)CC. The second kappa shape index (κ2) is 8.09. The highest BCUT2D eigenvalue weighted by Gasteiger charge is 2.11. The van der Waals surface area contributed by atoms with E-state index in [0.717, 1.165) is 0 Å². The number of allylic oxidation sites excluding steroid dienone is 4. The molecule has 0 amide bonds. The number of unbranched alkanes of at least 4 members (excludes halogenated alkanes) is 1. The van der Waals surface area contributed by atoms with E-state index in [-0.39, 0.29) is 0 Å². The van der Waals surface area contributed by atoms with Crippen LogP contribution < -0.4 is 0 Å². The molecule has 110 valence electrons. The lowest BCUT2D eigenvalue weighted by Gasteiger charge is -2.18. The summed E-state index contributed by atoms with van der Waals surface area (Å²) in [6.45, 7) is 13.4. The highest BCUT2D eigenvalue weighted by atomic mass is 14.2. The van der Waals surface area contributed by atoms with Crippen LogP contribution in [0.15, 0.2) is 35.9 Å². The van der Waals surface area contributed by atoms with Crippen molar-refractivity contribution in [2.75, 3.05) is 0 Å². The van der Waals surface area contributed by atoms with Crippen LogP contribution in [0, 0.1) is 19.8 Å². The van der Waals surface area contributed by atoms with Crippen molar-refractivity contribution in [1.82, 2.24) is 0 Å². The van der Waals surface area contributed by atoms with Gasteiger partial charge in [-0.15, -0.1) is 0 Å². The number of hydrogen-bond acceptors (Lipinski definition) is 0. The van der Waals surface area contributed by atoms with Crippen molar-refractivity contribution in [1.29, 1.82) is 0 Å². The molecule has 0 saturated carbocycles. The summed E-state index contributed by atoms with van der Waals surface area (Å²) in [6, 6.07) is 6.80. The van der Waals surface area contributed by atoms with Crippen molar-refractivity contribution < 1.29 is 0 Å². The summed E-state index contributed by atoms with van der Waals surface area (Å²) in [7, 11) is 0. The third kappa shape index (κ3) is 4.67. The summed E-state index contributed by atoms with van der Waals surface area (Å²) in [4.78, 5) is 0. The molecule has 1 aromatic carbocycles. The molecule has 0 nitrogen and oxygen atoms in total. The Hall–Kier alpha value is -1.30. The zero-order chi connectivity index (χ0) is 15.1. The van der Waals surface area contributed by atoms with Gasteiger partial charge in [-0.05, 0) is 56.2 Å². The summed E-state index contributed by atoms with van der Waals surface area (Å²) < 4.78 is 0. The number of aryl methyl sites for hydroxylation is 2. The van der Waals surface area contributed by atoms with Crippen LogP contribution in [-0.4, -0.2) is 0 Å². The standard InChI is InChI=1S/C20H30/c1-7-9-10-15(3)14-20(17(5)8-2)19-12-11-16(4)13-18(19)6/h10-14,17H,7-9H2,1-6H3/b15-10+,20-14-. The van der Waals surface area contributed by atoms with Gasteiger partial charge in [0.1, 0.15) is 0 Å². The van der Waals surface area contributed by atoms with Crippen LogP contribution in [0.3, 0.4) is 0 Å². The third-order valence-electron chi connectivity index (χ3n) is 3.97. The van der Waals surface area contributed by atoms with Gasteiger partial charge in [0.2, 0.25) is 0 Å². The van der Waals surface area contributed by atoms with E-state index in [0.29, 0.717) is 5.92 Å². The molecule has 0 aliphatic carbocycles. The maximum absolute atomic E-state index is 2.39. The van der Waals surface area contributed by atoms with Crippen LogP contribution in [0.25, 0.3) is 5.57 Å². The fourth-order valence-corrected chi connectivity index (χ4v) is 2.52. The fraction of sp³-hybridized carbons (Fsp3) is 0.500. The Balaban J connectivity index is 3.22. The first-order valence-electron chi connectivity index (χ1n) is 7.95. The first kappa shape index (κ1) is 16.8. The minimum atomic E-state index is 0.599. The first-order chi connectivity index (χ1) is 9.49. The normalized spacial score (nSPS) is 14.5. The van der Waals surface area contributed by atoms with Crippen LogP contribution in [0.5, 0.6) is 0 Å². The molecule has 0 aromatic heterocycles. The molecule has 0 heterocycles. The first-order valence-corrected chi connectivity index (χ1v) is 7.95. The van der Waals surface area contributed by atoms with Gasteiger partial charge in [-0.3, -0.25) is 0 Å². The molecule has 0 fully saturated rings. The molecule has 1 aromatic rings. The van der Waals surface area contributed by atoms with E-state index in [1.807, 2.05) is 0 Å². The summed E-state index contributed by atoms with van der Waals surface area (Å²) >= 11 is 0. The Morgan fingerprint density at radius 1 is 1.20 bits per heavy atom. The monoisotopic (exact) mass is 270 g/mol. The Kier molecular flexibility index (Phi) is 6.78. The average Bonchev–Trinajstić information content (AvgIpc) is 2.42. The molecule has 1 unspecified atom stereocenters. The summed E-state index contributed by atoms with van der Waals surface area (Å²) in [5.74, 6) is 0.599. The van der Waals surface area contributed by atoms with E-state index in [1.165, 1.54) is 47.1 Å². The van der Waals surface area contributed by atoms with E-state index in [9.17, 15) is 0 Å². The molecule has 0 heteroatoms. The zero-order valence-electron chi connectivity index (χ0n) is 14.1. The number of rotatable bonds is 6. The molecule has 0 radical (unpaired) electrons. The molecule has 0 saturated heterocycles. The van der Waals surface area contributed by atoms with Gasteiger partial charge in [-0.25, -0.2) is 0 Å². The summed E-state index contributed by atoms with van der Waals surface area (Å²) in [5.41, 5.74) is 7.01. The maximum Gasteiger partial charge on any atom is -0.0187 e. The van der Waals surface area contributed by atoms with E-state index in [4.69, 9.17) is 0 Å². The minimum Gasteiger partial charge on any atom is -0.0816 e. The lowest BCUT2D eigenvalue weighted by molar-refractivity contribution is 0.716. The molecule has 20 heavy (non-hydrogen) atoms. The van der Waals surface area contributed by atoms with Gasteiger partial charge in [-0.1, -0.05) is 68.7 Å². The predicted octanol–water partition coefficient (Wildman–Crippen LogP) is 6.48. The van der Waals surface area contributed by atoms with Crippen LogP contribution in [0.4, 0.5) is 0 Å². The van der Waals surface area contributed by atoms with Crippen LogP contribution >= 0.6 is 0 Å². The predicted molar refractivity (Wildman–Crippen MR) is 92.0 cm³/mol. The van der Waals surface area contributed by atoms with Crippen molar-refractivity contribution in [3.05, 3.63) is 52.6 Å². The maximum atomic E-state index is 2.39. The van der Waals surface area contributed by atoms with Gasteiger partial charge in [-0.2, -0.15) is 0 Å². The van der Waals surface area contributed by atoms with Crippen molar-refractivity contribution in [3.8, 4) is 0 Å². The zero-order valence-corrected chi connectivity index (χ0v) is 14.1. The largest absolute Gasteiger partial charge is 0.0816 e. The lowest BCUT2D eigenvalue weighted by Crippen LogP contribution is -2.00. The number of benzene rings is 1. The fourth-order valence-electron chi connectivity index (χ4n) is 2.52. The Morgan fingerprint density at radius 3 is 2.45 bits per heavy atom. The van der Waals surface area contributed by atoms with Crippen molar-refractivity contribution in [3.63, 3.8) is 0 Å². The van der Waals surface area contributed by atoms with E-state index in [1.54, 1.807) is 0 Å². The molecule has 0 aliphatic rings. The van der Waals surface area contributed by atoms with E-state index >= 15 is 0 Å².